The highest BCUT2D eigenvalue weighted by molar-refractivity contribution is 5.46. The van der Waals surface area contributed by atoms with E-state index in [1.807, 2.05) is 12.1 Å². The minimum Gasteiger partial charge on any atom is -0.397 e. The molecule has 5 heteroatoms. The van der Waals surface area contributed by atoms with Crippen molar-refractivity contribution in [3.63, 3.8) is 0 Å². The van der Waals surface area contributed by atoms with E-state index >= 15 is 0 Å². The van der Waals surface area contributed by atoms with Crippen LogP contribution in [0.25, 0.3) is 5.65 Å². The zero-order valence-corrected chi connectivity index (χ0v) is 8.26. The summed E-state index contributed by atoms with van der Waals surface area (Å²) in [7, 11) is 0. The fourth-order valence-corrected chi connectivity index (χ4v) is 1.83. The van der Waals surface area contributed by atoms with Gasteiger partial charge in [-0.15, -0.1) is 0 Å². The maximum Gasteiger partial charge on any atom is 0.157 e. The highest BCUT2D eigenvalue weighted by Gasteiger charge is 2.21. The predicted molar refractivity (Wildman–Crippen MR) is 55.6 cm³/mol. The topological polar surface area (TPSA) is 65.4 Å². The van der Waals surface area contributed by atoms with Gasteiger partial charge >= 0.3 is 0 Å². The Morgan fingerprint density at radius 2 is 2.40 bits per heavy atom. The molecule has 3 heterocycles. The van der Waals surface area contributed by atoms with Crippen molar-refractivity contribution in [3.8, 4) is 0 Å². The van der Waals surface area contributed by atoms with Gasteiger partial charge in [-0.05, 0) is 18.6 Å². The number of fused-ring (bicyclic) bond motifs is 1. The summed E-state index contributed by atoms with van der Waals surface area (Å²) in [5.74, 6) is 1.20. The number of hydrogen-bond acceptors (Lipinski definition) is 4. The minimum atomic E-state index is 0.339. The number of aromatic nitrogens is 3. The lowest BCUT2D eigenvalue weighted by atomic mass is 10.1. The fourth-order valence-electron chi connectivity index (χ4n) is 1.83. The molecule has 1 unspecified atom stereocenters. The second kappa shape index (κ2) is 3.20. The van der Waals surface area contributed by atoms with Crippen molar-refractivity contribution in [2.45, 2.75) is 12.3 Å². The van der Waals surface area contributed by atoms with Crippen molar-refractivity contribution in [2.75, 3.05) is 18.9 Å². The van der Waals surface area contributed by atoms with Crippen molar-refractivity contribution in [2.24, 2.45) is 0 Å². The molecule has 0 bridgehead atoms. The van der Waals surface area contributed by atoms with E-state index in [-0.39, 0.29) is 0 Å². The molecule has 3 rings (SSSR count). The van der Waals surface area contributed by atoms with Crippen LogP contribution in [0.15, 0.2) is 18.3 Å². The maximum absolute atomic E-state index is 5.67. The monoisotopic (exact) mass is 204 g/mol. The largest absolute Gasteiger partial charge is 0.397 e. The Bertz CT molecular complexity index is 487. The van der Waals surface area contributed by atoms with Crippen LogP contribution in [0.3, 0.4) is 0 Å². The number of nitrogens with two attached hydrogens (primary N) is 1. The van der Waals surface area contributed by atoms with E-state index in [0.717, 1.165) is 31.1 Å². The van der Waals surface area contributed by atoms with Gasteiger partial charge in [0.25, 0.3) is 0 Å². The molecule has 0 amide bonds. The van der Waals surface area contributed by atoms with Crippen molar-refractivity contribution < 1.29 is 4.74 Å². The molecular formula is C10H12N4O. The standard InChI is InChI=1S/C10H12N4O/c11-8-1-2-9-12-10(13-14(9)5-8)7-3-4-15-6-7/h1-2,5,7H,3-4,6,11H2. The van der Waals surface area contributed by atoms with Crippen LogP contribution in [-0.4, -0.2) is 27.8 Å². The van der Waals surface area contributed by atoms with Gasteiger partial charge in [-0.3, -0.25) is 0 Å². The molecule has 0 aromatic carbocycles. The molecule has 78 valence electrons. The second-order valence-corrected chi connectivity index (χ2v) is 3.80. The number of pyridine rings is 1. The number of hydrogen-bond donors (Lipinski definition) is 1. The maximum atomic E-state index is 5.67. The minimum absolute atomic E-state index is 0.339. The fraction of sp³-hybridized carbons (Fsp3) is 0.400. The van der Waals surface area contributed by atoms with Crippen LogP contribution in [-0.2, 0) is 4.74 Å². The van der Waals surface area contributed by atoms with Gasteiger partial charge in [0.05, 0.1) is 18.5 Å². The number of anilines is 1. The molecular weight excluding hydrogens is 192 g/mol. The first-order valence-corrected chi connectivity index (χ1v) is 5.02. The molecule has 0 aliphatic carbocycles. The Balaban J connectivity index is 2.05. The highest BCUT2D eigenvalue weighted by atomic mass is 16.5. The summed E-state index contributed by atoms with van der Waals surface area (Å²) in [5.41, 5.74) is 7.21. The van der Waals surface area contributed by atoms with Crippen LogP contribution in [0.1, 0.15) is 18.2 Å². The normalized spacial score (nSPS) is 21.2. The Hall–Kier alpha value is -1.62. The van der Waals surface area contributed by atoms with Crippen LogP contribution in [0, 0.1) is 0 Å². The molecule has 0 saturated carbocycles. The average Bonchev–Trinajstić information content (AvgIpc) is 2.84. The summed E-state index contributed by atoms with van der Waals surface area (Å²) in [6.07, 6.45) is 2.79. The average molecular weight is 204 g/mol. The molecule has 2 aromatic rings. The number of ether oxygens (including phenoxy) is 1. The quantitative estimate of drug-likeness (QED) is 0.746. The number of rotatable bonds is 1. The number of nitrogens with zero attached hydrogens (tertiary/aromatic N) is 3. The van der Waals surface area contributed by atoms with Crippen molar-refractivity contribution >= 4 is 11.3 Å². The van der Waals surface area contributed by atoms with Crippen LogP contribution in [0.2, 0.25) is 0 Å². The summed E-state index contributed by atoms with van der Waals surface area (Å²) in [6.45, 7) is 1.54. The number of nitrogen functional groups attached to an aromatic ring is 1. The summed E-state index contributed by atoms with van der Waals surface area (Å²) >= 11 is 0. The third-order valence-electron chi connectivity index (χ3n) is 2.67. The Morgan fingerprint density at radius 3 is 3.20 bits per heavy atom. The van der Waals surface area contributed by atoms with Gasteiger partial charge < -0.3 is 10.5 Å². The van der Waals surface area contributed by atoms with Gasteiger partial charge in [0.1, 0.15) is 0 Å². The third kappa shape index (κ3) is 1.45. The first-order valence-electron chi connectivity index (χ1n) is 5.02. The SMILES string of the molecule is Nc1ccc2nc(C3CCOC3)nn2c1. The molecule has 0 spiro atoms. The molecule has 1 aliphatic heterocycles. The van der Waals surface area contributed by atoms with Crippen LogP contribution in [0.4, 0.5) is 5.69 Å². The molecule has 2 aromatic heterocycles. The van der Waals surface area contributed by atoms with Crippen LogP contribution in [0.5, 0.6) is 0 Å². The molecule has 5 nitrogen and oxygen atoms in total. The Morgan fingerprint density at radius 1 is 1.47 bits per heavy atom. The van der Waals surface area contributed by atoms with Crippen molar-refractivity contribution in [1.82, 2.24) is 14.6 Å². The summed E-state index contributed by atoms with van der Waals surface area (Å²) < 4.78 is 7.04. The zero-order valence-electron chi connectivity index (χ0n) is 8.26. The Labute approximate surface area is 86.9 Å². The second-order valence-electron chi connectivity index (χ2n) is 3.80. The van der Waals surface area contributed by atoms with E-state index in [0.29, 0.717) is 11.6 Å². The van der Waals surface area contributed by atoms with Crippen LogP contribution >= 0.6 is 0 Å². The van der Waals surface area contributed by atoms with E-state index in [4.69, 9.17) is 10.5 Å². The van der Waals surface area contributed by atoms with Gasteiger partial charge in [-0.1, -0.05) is 0 Å². The molecule has 2 N–H and O–H groups in total. The van der Waals surface area contributed by atoms with E-state index in [2.05, 4.69) is 10.1 Å². The van der Waals surface area contributed by atoms with E-state index in [1.54, 1.807) is 10.7 Å². The van der Waals surface area contributed by atoms with Gasteiger partial charge in [-0.2, -0.15) is 5.10 Å². The third-order valence-corrected chi connectivity index (χ3v) is 2.67. The lowest BCUT2D eigenvalue weighted by molar-refractivity contribution is 0.193. The molecule has 15 heavy (non-hydrogen) atoms. The van der Waals surface area contributed by atoms with Gasteiger partial charge in [-0.25, -0.2) is 9.50 Å². The summed E-state index contributed by atoms with van der Waals surface area (Å²) in [6, 6.07) is 3.71. The van der Waals surface area contributed by atoms with Gasteiger partial charge in [0.15, 0.2) is 11.5 Å². The van der Waals surface area contributed by atoms with Gasteiger partial charge in [0, 0.05) is 12.5 Å². The van der Waals surface area contributed by atoms with Gasteiger partial charge in [0.2, 0.25) is 0 Å². The summed E-state index contributed by atoms with van der Waals surface area (Å²) in [5, 5.41) is 4.40. The highest BCUT2D eigenvalue weighted by Crippen LogP contribution is 2.22. The van der Waals surface area contributed by atoms with Crippen molar-refractivity contribution in [3.05, 3.63) is 24.2 Å². The smallest absolute Gasteiger partial charge is 0.157 e. The predicted octanol–water partition coefficient (Wildman–Crippen LogP) is 0.815. The first kappa shape index (κ1) is 8.67. The lowest BCUT2D eigenvalue weighted by Gasteiger charge is -1.98. The Kier molecular flexibility index (Phi) is 1.85. The van der Waals surface area contributed by atoms with E-state index < -0.39 is 0 Å². The molecule has 0 radical (unpaired) electrons. The molecule has 1 aliphatic rings. The zero-order chi connectivity index (χ0) is 10.3. The lowest BCUT2D eigenvalue weighted by Crippen LogP contribution is -2.00. The van der Waals surface area contributed by atoms with E-state index in [1.165, 1.54) is 0 Å². The molecule has 1 saturated heterocycles. The molecule has 1 fully saturated rings. The summed E-state index contributed by atoms with van der Waals surface area (Å²) in [4.78, 5) is 4.45. The molecule has 1 atom stereocenters. The first-order chi connectivity index (χ1) is 7.33. The van der Waals surface area contributed by atoms with Crippen LogP contribution < -0.4 is 5.73 Å². The van der Waals surface area contributed by atoms with E-state index in [9.17, 15) is 0 Å². The van der Waals surface area contributed by atoms with Crippen molar-refractivity contribution in [1.29, 1.82) is 0 Å².